The van der Waals surface area contributed by atoms with Crippen molar-refractivity contribution in [1.29, 1.82) is 0 Å². The molecule has 2 aliphatic rings. The lowest BCUT2D eigenvalue weighted by atomic mass is 9.96. The maximum Gasteiger partial charge on any atom is 0.306 e. The Labute approximate surface area is 231 Å². The van der Waals surface area contributed by atoms with Crippen LogP contribution in [0.3, 0.4) is 0 Å². The molecule has 1 saturated heterocycles. The molecule has 0 radical (unpaired) electrons. The third kappa shape index (κ3) is 6.49. The fourth-order valence-electron chi connectivity index (χ4n) is 4.96. The highest BCUT2D eigenvalue weighted by atomic mass is 32.2. The van der Waals surface area contributed by atoms with Gasteiger partial charge in [-0.05, 0) is 49.4 Å². The average Bonchev–Trinajstić information content (AvgIpc) is 3.28. The van der Waals surface area contributed by atoms with Crippen molar-refractivity contribution in [3.05, 3.63) is 80.0 Å². The van der Waals surface area contributed by atoms with Crippen molar-refractivity contribution < 1.29 is 31.3 Å². The van der Waals surface area contributed by atoms with Crippen molar-refractivity contribution in [2.45, 2.75) is 58.5 Å². The summed E-state index contributed by atoms with van der Waals surface area (Å²) in [6.07, 6.45) is 2.16. The fraction of sp³-hybridized carbons (Fsp3) is 0.429. The molecule has 1 unspecified atom stereocenters. The number of aryl methyl sites for hydroxylation is 2. The first-order valence-corrected chi connectivity index (χ1v) is 15.5. The molecule has 0 aliphatic carbocycles. The van der Waals surface area contributed by atoms with Crippen LogP contribution in [-0.2, 0) is 44.0 Å². The molecule has 0 N–H and O–H groups in total. The second kappa shape index (κ2) is 11.3. The maximum absolute atomic E-state index is 14.4. The third-order valence-electron chi connectivity index (χ3n) is 7.14. The number of fused-ring (bicyclic) bond motifs is 1. The van der Waals surface area contributed by atoms with Crippen LogP contribution in [0.4, 0.5) is 4.39 Å². The zero-order chi connectivity index (χ0) is 27.7. The molecule has 3 heterocycles. The molecule has 0 spiro atoms. The molecule has 0 bridgehead atoms. The van der Waals surface area contributed by atoms with Gasteiger partial charge in [-0.25, -0.2) is 9.37 Å². The van der Waals surface area contributed by atoms with E-state index in [4.69, 9.17) is 18.6 Å². The monoisotopic (exact) mass is 574 g/mol. The van der Waals surface area contributed by atoms with E-state index in [1.807, 2.05) is 24.1 Å². The molecule has 2 aromatic carbocycles. The number of nitrogens with zero attached hydrogens (tertiary/aromatic N) is 2. The number of benzene rings is 2. The molecular weight excluding hydrogens is 543 g/mol. The minimum Gasteiger partial charge on any atom is -0.379 e. The van der Waals surface area contributed by atoms with Crippen molar-refractivity contribution in [3.63, 3.8) is 0 Å². The molecule has 1 fully saturated rings. The van der Waals surface area contributed by atoms with E-state index in [2.05, 4.69) is 18.2 Å². The zero-order valence-corrected chi connectivity index (χ0v) is 23.7. The smallest absolute Gasteiger partial charge is 0.306 e. The van der Waals surface area contributed by atoms with Crippen LogP contribution in [0.5, 0.6) is 5.75 Å². The van der Waals surface area contributed by atoms with E-state index >= 15 is 0 Å². The maximum atomic E-state index is 14.4. The van der Waals surface area contributed by atoms with E-state index in [1.165, 1.54) is 17.4 Å². The second-order valence-electron chi connectivity index (χ2n) is 10.1. The number of hydrogen-bond donors (Lipinski definition) is 0. The summed E-state index contributed by atoms with van der Waals surface area (Å²) in [5, 5.41) is 2.86. The molecule has 0 saturated carbocycles. The molecule has 1 amide bonds. The minimum absolute atomic E-state index is 0.0869. The van der Waals surface area contributed by atoms with Gasteiger partial charge in [-0.3, -0.25) is 4.79 Å². The van der Waals surface area contributed by atoms with Gasteiger partial charge < -0.3 is 18.6 Å². The van der Waals surface area contributed by atoms with Gasteiger partial charge in [0.15, 0.2) is 11.6 Å². The first-order chi connectivity index (χ1) is 18.6. The summed E-state index contributed by atoms with van der Waals surface area (Å²) in [4.78, 5) is 19.7. The van der Waals surface area contributed by atoms with Crippen LogP contribution in [0, 0.1) is 19.7 Å². The number of aromatic nitrogens is 1. The molecule has 5 rings (SSSR count). The molecule has 3 aromatic rings. The van der Waals surface area contributed by atoms with Gasteiger partial charge in [0.1, 0.15) is 5.69 Å². The summed E-state index contributed by atoms with van der Waals surface area (Å²) >= 11 is 1.53. The standard InChI is InChI=1S/C28H31FN2O6S2/c1-17-4-5-18(2)21(12-17)13-25(32)31-10-8-19(9-11-31)27-30-24(16-38-27)28-35-14-20-6-7-23(29)26(22(20)15-36-28)37-39(3,33)34/h4-7,12,16,19,28H,8-11,13-15H2,1-3H3. The molecule has 2 aliphatic heterocycles. The van der Waals surface area contributed by atoms with Crippen LogP contribution in [0.1, 0.15) is 63.6 Å². The summed E-state index contributed by atoms with van der Waals surface area (Å²) in [6.45, 7) is 5.45. The number of halogens is 1. The third-order valence-corrected chi connectivity index (χ3v) is 8.63. The quantitative estimate of drug-likeness (QED) is 0.385. The highest BCUT2D eigenvalue weighted by molar-refractivity contribution is 7.86. The molecule has 208 valence electrons. The van der Waals surface area contributed by atoms with Gasteiger partial charge in [-0.1, -0.05) is 29.8 Å². The van der Waals surface area contributed by atoms with Crippen LogP contribution in [0.25, 0.3) is 0 Å². The number of amides is 1. The molecule has 8 nitrogen and oxygen atoms in total. The predicted molar refractivity (Wildman–Crippen MR) is 144 cm³/mol. The summed E-state index contributed by atoms with van der Waals surface area (Å²) < 4.78 is 54.3. The molecule has 1 aromatic heterocycles. The largest absolute Gasteiger partial charge is 0.379 e. The van der Waals surface area contributed by atoms with Gasteiger partial charge in [0.25, 0.3) is 0 Å². The summed E-state index contributed by atoms with van der Waals surface area (Å²) in [6, 6.07) is 8.90. The first-order valence-electron chi connectivity index (χ1n) is 12.8. The van der Waals surface area contributed by atoms with Crippen molar-refractivity contribution >= 4 is 27.4 Å². The Bertz CT molecular complexity index is 1480. The Morgan fingerprint density at radius 3 is 2.64 bits per heavy atom. The number of likely N-dealkylation sites (tertiary alicyclic amines) is 1. The Morgan fingerprint density at radius 2 is 1.90 bits per heavy atom. The lowest BCUT2D eigenvalue weighted by molar-refractivity contribution is -0.155. The number of thiazole rings is 1. The van der Waals surface area contributed by atoms with Gasteiger partial charge in [0.2, 0.25) is 12.2 Å². The van der Waals surface area contributed by atoms with Crippen LogP contribution in [0.15, 0.2) is 35.7 Å². The van der Waals surface area contributed by atoms with Gasteiger partial charge >= 0.3 is 10.1 Å². The molecule has 39 heavy (non-hydrogen) atoms. The molecule has 11 heteroatoms. The van der Waals surface area contributed by atoms with Gasteiger partial charge in [-0.2, -0.15) is 8.42 Å². The fourth-order valence-corrected chi connectivity index (χ4v) is 6.43. The zero-order valence-electron chi connectivity index (χ0n) is 22.1. The molecule has 1 atom stereocenters. The number of piperidine rings is 1. The topological polar surface area (TPSA) is 95.0 Å². The van der Waals surface area contributed by atoms with E-state index in [9.17, 15) is 17.6 Å². The lowest BCUT2D eigenvalue weighted by Gasteiger charge is -2.31. The van der Waals surface area contributed by atoms with E-state index in [0.717, 1.165) is 46.9 Å². The predicted octanol–water partition coefficient (Wildman–Crippen LogP) is 4.93. The van der Waals surface area contributed by atoms with Crippen molar-refractivity contribution in [1.82, 2.24) is 9.88 Å². The van der Waals surface area contributed by atoms with Crippen LogP contribution >= 0.6 is 11.3 Å². The number of ether oxygens (including phenoxy) is 2. The molecular formula is C28H31FN2O6S2. The number of carbonyl (C=O) groups excluding carboxylic acids is 1. The van der Waals surface area contributed by atoms with Gasteiger partial charge in [-0.15, -0.1) is 11.3 Å². The number of carbonyl (C=O) groups is 1. The average molecular weight is 575 g/mol. The van der Waals surface area contributed by atoms with E-state index in [-0.39, 0.29) is 30.8 Å². The normalized spacial score (nSPS) is 18.5. The summed E-state index contributed by atoms with van der Waals surface area (Å²) in [5.74, 6) is -0.758. The van der Waals surface area contributed by atoms with Crippen molar-refractivity contribution in [2.24, 2.45) is 0 Å². The van der Waals surface area contributed by atoms with Crippen LogP contribution in [0.2, 0.25) is 0 Å². The number of rotatable bonds is 6. The highest BCUT2D eigenvalue weighted by Gasteiger charge is 2.29. The van der Waals surface area contributed by atoms with Crippen LogP contribution in [-0.4, -0.2) is 43.6 Å². The Balaban J connectivity index is 1.20. The number of hydrogen-bond acceptors (Lipinski definition) is 8. The Kier molecular flexibility index (Phi) is 8.04. The highest BCUT2D eigenvalue weighted by Crippen LogP contribution is 2.37. The van der Waals surface area contributed by atoms with Gasteiger partial charge in [0, 0.05) is 30.0 Å². The van der Waals surface area contributed by atoms with Crippen LogP contribution < -0.4 is 4.18 Å². The Morgan fingerprint density at radius 1 is 1.15 bits per heavy atom. The minimum atomic E-state index is -3.92. The Hall–Kier alpha value is -2.86. The van der Waals surface area contributed by atoms with Crippen molar-refractivity contribution in [3.8, 4) is 5.75 Å². The lowest BCUT2D eigenvalue weighted by Crippen LogP contribution is -2.38. The van der Waals surface area contributed by atoms with E-state index in [1.54, 1.807) is 0 Å². The second-order valence-corrected chi connectivity index (χ2v) is 12.6. The SMILES string of the molecule is Cc1ccc(C)c(CC(=O)N2CCC(c3nc(C4OCc5ccc(F)c(OS(C)(=O)=O)c5CO4)cs3)CC2)c1. The summed E-state index contributed by atoms with van der Waals surface area (Å²) in [5.41, 5.74) is 4.87. The van der Waals surface area contributed by atoms with E-state index < -0.39 is 22.2 Å². The first kappa shape index (κ1) is 27.7. The summed E-state index contributed by atoms with van der Waals surface area (Å²) in [7, 11) is -3.92. The van der Waals surface area contributed by atoms with Gasteiger partial charge in [0.05, 0.1) is 30.9 Å². The van der Waals surface area contributed by atoms with E-state index in [0.29, 0.717) is 36.3 Å². The van der Waals surface area contributed by atoms with Crippen molar-refractivity contribution in [2.75, 3.05) is 19.3 Å².